The number of methoxy groups -OCH3 is 2. The van der Waals surface area contributed by atoms with Crippen LogP contribution < -0.4 is 14.2 Å². The van der Waals surface area contributed by atoms with E-state index in [-0.39, 0.29) is 0 Å². The molecule has 0 N–H and O–H groups in total. The van der Waals surface area contributed by atoms with Gasteiger partial charge in [0, 0.05) is 23.2 Å². The normalized spacial score (nSPS) is 10.3. The summed E-state index contributed by atoms with van der Waals surface area (Å²) < 4.78 is 16.5. The first kappa shape index (κ1) is 14.8. The van der Waals surface area contributed by atoms with Gasteiger partial charge < -0.3 is 14.2 Å². The molecule has 1 heterocycles. The summed E-state index contributed by atoms with van der Waals surface area (Å²) in [5.41, 5.74) is 1.34. The molecule has 5 nitrogen and oxygen atoms in total. The van der Waals surface area contributed by atoms with Gasteiger partial charge in [-0.25, -0.2) is 0 Å². The van der Waals surface area contributed by atoms with E-state index in [1.807, 2.05) is 6.07 Å². The minimum absolute atomic E-state index is 0.600. The largest absolute Gasteiger partial charge is 0.493 e. The monoisotopic (exact) mass is 309 g/mol. The summed E-state index contributed by atoms with van der Waals surface area (Å²) >= 11 is 0. The van der Waals surface area contributed by atoms with E-state index >= 15 is 0 Å². The lowest BCUT2D eigenvalue weighted by Gasteiger charge is -2.12. The average molecular weight is 309 g/mol. The van der Waals surface area contributed by atoms with E-state index in [0.29, 0.717) is 28.6 Å². The number of carbonyl (C=O) groups is 1. The number of hydrogen-bond acceptors (Lipinski definition) is 5. The van der Waals surface area contributed by atoms with Crippen LogP contribution in [0.25, 0.3) is 10.9 Å². The Balaban J connectivity index is 2.04. The molecule has 0 saturated carbocycles. The topological polar surface area (TPSA) is 57.7 Å². The Bertz CT molecular complexity index is 844. The van der Waals surface area contributed by atoms with Gasteiger partial charge in [-0.3, -0.25) is 9.78 Å². The first-order valence-electron chi connectivity index (χ1n) is 6.99. The summed E-state index contributed by atoms with van der Waals surface area (Å²) in [6.07, 6.45) is 2.46. The summed E-state index contributed by atoms with van der Waals surface area (Å²) in [6.45, 7) is 0. The summed E-state index contributed by atoms with van der Waals surface area (Å²) in [7, 11) is 3.16. The van der Waals surface area contributed by atoms with Crippen molar-refractivity contribution in [3.8, 4) is 23.0 Å². The van der Waals surface area contributed by atoms with E-state index in [1.54, 1.807) is 56.8 Å². The number of hydrogen-bond donors (Lipinski definition) is 0. The van der Waals surface area contributed by atoms with Crippen LogP contribution in [0.3, 0.4) is 0 Å². The summed E-state index contributed by atoms with van der Waals surface area (Å²) in [5, 5.41) is 0.810. The number of rotatable bonds is 5. The fraction of sp³-hybridized carbons (Fsp3) is 0.111. The highest BCUT2D eigenvalue weighted by molar-refractivity contribution is 5.88. The molecule has 3 rings (SSSR count). The predicted molar refractivity (Wildman–Crippen MR) is 86.8 cm³/mol. The van der Waals surface area contributed by atoms with E-state index in [9.17, 15) is 4.79 Å². The third-order valence-corrected chi connectivity index (χ3v) is 3.45. The fourth-order valence-corrected chi connectivity index (χ4v) is 2.28. The molecule has 0 spiro atoms. The minimum atomic E-state index is 0.600. The van der Waals surface area contributed by atoms with Crippen LogP contribution in [-0.2, 0) is 0 Å². The van der Waals surface area contributed by atoms with Gasteiger partial charge >= 0.3 is 0 Å². The van der Waals surface area contributed by atoms with Gasteiger partial charge in [-0.1, -0.05) is 0 Å². The molecule has 0 aliphatic rings. The van der Waals surface area contributed by atoms with Gasteiger partial charge in [0.2, 0.25) is 0 Å². The second-order valence-corrected chi connectivity index (χ2v) is 4.82. The third-order valence-electron chi connectivity index (χ3n) is 3.45. The maximum absolute atomic E-state index is 10.7. The maximum Gasteiger partial charge on any atom is 0.162 e. The Kier molecular flexibility index (Phi) is 4.10. The van der Waals surface area contributed by atoms with Crippen LogP contribution in [0.4, 0.5) is 0 Å². The van der Waals surface area contributed by atoms with E-state index in [2.05, 4.69) is 4.98 Å². The van der Waals surface area contributed by atoms with E-state index in [0.717, 1.165) is 17.2 Å². The summed E-state index contributed by atoms with van der Waals surface area (Å²) in [6, 6.07) is 12.3. The van der Waals surface area contributed by atoms with Crippen molar-refractivity contribution >= 4 is 17.2 Å². The number of benzene rings is 2. The molecule has 2 aromatic carbocycles. The van der Waals surface area contributed by atoms with Crippen LogP contribution in [0.2, 0.25) is 0 Å². The molecule has 0 amide bonds. The van der Waals surface area contributed by atoms with Crippen LogP contribution in [0, 0.1) is 0 Å². The average Bonchev–Trinajstić information content (AvgIpc) is 2.61. The SMILES string of the molecule is COc1cc2nccc(Oc3ccc(C=O)cc3)c2cc1OC. The first-order chi connectivity index (χ1) is 11.2. The van der Waals surface area contributed by atoms with Crippen LogP contribution >= 0.6 is 0 Å². The number of aldehydes is 1. The molecule has 0 radical (unpaired) electrons. The molecule has 3 aromatic rings. The predicted octanol–water partition coefficient (Wildman–Crippen LogP) is 3.86. The van der Waals surface area contributed by atoms with Gasteiger partial charge in [-0.05, 0) is 36.4 Å². The Morgan fingerprint density at radius 3 is 2.26 bits per heavy atom. The number of carbonyl (C=O) groups excluding carboxylic acids is 1. The van der Waals surface area contributed by atoms with Crippen molar-refractivity contribution in [1.29, 1.82) is 0 Å². The van der Waals surface area contributed by atoms with Crippen molar-refractivity contribution in [2.24, 2.45) is 0 Å². The second kappa shape index (κ2) is 6.36. The van der Waals surface area contributed by atoms with Gasteiger partial charge in [-0.2, -0.15) is 0 Å². The molecule has 0 aliphatic heterocycles. The molecule has 0 fully saturated rings. The van der Waals surface area contributed by atoms with Crippen LogP contribution in [0.5, 0.6) is 23.0 Å². The Labute approximate surface area is 133 Å². The van der Waals surface area contributed by atoms with Crippen molar-refractivity contribution < 1.29 is 19.0 Å². The Hall–Kier alpha value is -3.08. The van der Waals surface area contributed by atoms with E-state index < -0.39 is 0 Å². The number of fused-ring (bicyclic) bond motifs is 1. The molecule has 1 aromatic heterocycles. The quantitative estimate of drug-likeness (QED) is 0.670. The van der Waals surface area contributed by atoms with Gasteiger partial charge in [0.25, 0.3) is 0 Å². The van der Waals surface area contributed by atoms with E-state index in [1.165, 1.54) is 0 Å². The van der Waals surface area contributed by atoms with E-state index in [4.69, 9.17) is 14.2 Å². The van der Waals surface area contributed by atoms with Crippen LogP contribution in [0.15, 0.2) is 48.7 Å². The van der Waals surface area contributed by atoms with Crippen molar-refractivity contribution in [2.75, 3.05) is 14.2 Å². The third kappa shape index (κ3) is 2.94. The highest BCUT2D eigenvalue weighted by atomic mass is 16.5. The lowest BCUT2D eigenvalue weighted by Crippen LogP contribution is -1.93. The standard InChI is InChI=1S/C18H15NO4/c1-21-17-9-14-15(10-18(17)22-2)19-8-7-16(14)23-13-5-3-12(11-20)4-6-13/h3-11H,1-2H3. The zero-order chi connectivity index (χ0) is 16.2. The molecule has 0 aliphatic carbocycles. The number of nitrogens with zero attached hydrogens (tertiary/aromatic N) is 1. The zero-order valence-corrected chi connectivity index (χ0v) is 12.8. The first-order valence-corrected chi connectivity index (χ1v) is 6.99. The lowest BCUT2D eigenvalue weighted by atomic mass is 10.1. The zero-order valence-electron chi connectivity index (χ0n) is 12.8. The minimum Gasteiger partial charge on any atom is -0.493 e. The van der Waals surface area contributed by atoms with Crippen molar-refractivity contribution in [3.63, 3.8) is 0 Å². The molecular formula is C18H15NO4. The molecule has 0 unspecified atom stereocenters. The molecule has 0 saturated heterocycles. The Morgan fingerprint density at radius 1 is 0.913 bits per heavy atom. The molecule has 5 heteroatoms. The van der Waals surface area contributed by atoms with Crippen molar-refractivity contribution in [2.45, 2.75) is 0 Å². The fourth-order valence-electron chi connectivity index (χ4n) is 2.28. The molecular weight excluding hydrogens is 294 g/mol. The van der Waals surface area contributed by atoms with Gasteiger partial charge in [0.1, 0.15) is 17.8 Å². The molecule has 0 bridgehead atoms. The van der Waals surface area contributed by atoms with Gasteiger partial charge in [0.05, 0.1) is 19.7 Å². The Morgan fingerprint density at radius 2 is 1.61 bits per heavy atom. The smallest absolute Gasteiger partial charge is 0.162 e. The number of ether oxygens (including phenoxy) is 3. The van der Waals surface area contributed by atoms with Crippen LogP contribution in [-0.4, -0.2) is 25.5 Å². The highest BCUT2D eigenvalue weighted by Gasteiger charge is 2.11. The molecule has 23 heavy (non-hydrogen) atoms. The molecule has 116 valence electrons. The highest BCUT2D eigenvalue weighted by Crippen LogP contribution is 2.36. The summed E-state index contributed by atoms with van der Waals surface area (Å²) in [4.78, 5) is 15.0. The lowest BCUT2D eigenvalue weighted by molar-refractivity contribution is 0.112. The maximum atomic E-state index is 10.7. The van der Waals surface area contributed by atoms with Crippen LogP contribution in [0.1, 0.15) is 10.4 Å². The van der Waals surface area contributed by atoms with Gasteiger partial charge in [-0.15, -0.1) is 0 Å². The number of aromatic nitrogens is 1. The van der Waals surface area contributed by atoms with Crippen molar-refractivity contribution in [3.05, 3.63) is 54.2 Å². The van der Waals surface area contributed by atoms with Gasteiger partial charge in [0.15, 0.2) is 11.5 Å². The summed E-state index contributed by atoms with van der Waals surface area (Å²) in [5.74, 6) is 2.50. The molecule has 0 atom stereocenters. The second-order valence-electron chi connectivity index (χ2n) is 4.82. The number of pyridine rings is 1. The van der Waals surface area contributed by atoms with Crippen molar-refractivity contribution in [1.82, 2.24) is 4.98 Å².